The number of aliphatic carboxylic acids is 1. The number of nitrogens with zero attached hydrogens (tertiary/aromatic N) is 2. The molecular weight excluding hydrogens is 228 g/mol. The van der Waals surface area contributed by atoms with Gasteiger partial charge < -0.3 is 14.9 Å². The summed E-state index contributed by atoms with van der Waals surface area (Å²) in [6.45, 7) is 6.72. The van der Waals surface area contributed by atoms with Crippen LogP contribution < -0.4 is 0 Å². The van der Waals surface area contributed by atoms with E-state index in [9.17, 15) is 9.90 Å². The number of hydrogen-bond donors (Lipinski definition) is 1. The Kier molecular flexibility index (Phi) is 5.60. The number of carboxylic acid groups (broad SMARTS) is 1. The molecule has 1 fully saturated rings. The van der Waals surface area contributed by atoms with E-state index in [1.54, 1.807) is 0 Å². The highest BCUT2D eigenvalue weighted by Crippen LogP contribution is 2.29. The molecule has 4 nitrogen and oxygen atoms in total. The van der Waals surface area contributed by atoms with E-state index < -0.39 is 11.4 Å². The first-order valence-electron chi connectivity index (χ1n) is 7.07. The first kappa shape index (κ1) is 15.4. The van der Waals surface area contributed by atoms with E-state index in [1.807, 2.05) is 13.8 Å². The fourth-order valence-corrected chi connectivity index (χ4v) is 2.87. The lowest BCUT2D eigenvalue weighted by molar-refractivity contribution is -0.151. The summed E-state index contributed by atoms with van der Waals surface area (Å²) in [4.78, 5) is 16.1. The maximum Gasteiger partial charge on any atom is 0.310 e. The van der Waals surface area contributed by atoms with Gasteiger partial charge in [-0.1, -0.05) is 13.8 Å². The standard InChI is InChI=1S/C14H28N2O2/c1-5-14(6-2,13(17)18)11-16-9-7-8-12(10-16)15(3)4/h12H,5-11H2,1-4H3,(H,17,18). The van der Waals surface area contributed by atoms with Crippen molar-refractivity contribution in [3.63, 3.8) is 0 Å². The average Bonchev–Trinajstić information content (AvgIpc) is 2.36. The molecule has 1 atom stereocenters. The molecule has 1 aliphatic rings. The fourth-order valence-electron chi connectivity index (χ4n) is 2.87. The molecule has 0 aromatic heterocycles. The zero-order valence-corrected chi connectivity index (χ0v) is 12.3. The maximum atomic E-state index is 11.5. The van der Waals surface area contributed by atoms with Crippen molar-refractivity contribution in [1.29, 1.82) is 0 Å². The highest BCUT2D eigenvalue weighted by atomic mass is 16.4. The van der Waals surface area contributed by atoms with Crippen molar-refractivity contribution in [1.82, 2.24) is 9.80 Å². The van der Waals surface area contributed by atoms with Crippen LogP contribution in [0.1, 0.15) is 39.5 Å². The summed E-state index contributed by atoms with van der Waals surface area (Å²) in [6.07, 6.45) is 3.82. The molecule has 0 aromatic rings. The van der Waals surface area contributed by atoms with Gasteiger partial charge in [0.2, 0.25) is 0 Å². The molecule has 4 heteroatoms. The number of hydrogen-bond acceptors (Lipinski definition) is 3. The molecular formula is C14H28N2O2. The molecule has 106 valence electrons. The zero-order valence-electron chi connectivity index (χ0n) is 12.3. The summed E-state index contributed by atoms with van der Waals surface area (Å²) in [7, 11) is 4.22. The Morgan fingerprint density at radius 2 is 2.00 bits per heavy atom. The van der Waals surface area contributed by atoms with Crippen molar-refractivity contribution < 1.29 is 9.90 Å². The maximum absolute atomic E-state index is 11.5. The number of likely N-dealkylation sites (tertiary alicyclic amines) is 1. The van der Waals surface area contributed by atoms with Gasteiger partial charge in [-0.2, -0.15) is 0 Å². The molecule has 0 spiro atoms. The second kappa shape index (κ2) is 6.53. The quantitative estimate of drug-likeness (QED) is 0.788. The SMILES string of the molecule is CCC(CC)(CN1CCCC(N(C)C)C1)C(=O)O. The number of rotatable bonds is 6. The van der Waals surface area contributed by atoms with Crippen molar-refractivity contribution >= 4 is 5.97 Å². The molecule has 1 heterocycles. The summed E-state index contributed by atoms with van der Waals surface area (Å²) in [5.41, 5.74) is -0.561. The van der Waals surface area contributed by atoms with Gasteiger partial charge >= 0.3 is 5.97 Å². The van der Waals surface area contributed by atoms with Gasteiger partial charge in [0.05, 0.1) is 5.41 Å². The predicted molar refractivity (Wildman–Crippen MR) is 73.8 cm³/mol. The minimum atomic E-state index is -0.639. The Bertz CT molecular complexity index is 275. The Morgan fingerprint density at radius 1 is 1.39 bits per heavy atom. The van der Waals surface area contributed by atoms with Gasteiger partial charge in [-0.25, -0.2) is 0 Å². The predicted octanol–water partition coefficient (Wildman–Crippen LogP) is 1.90. The lowest BCUT2D eigenvalue weighted by Gasteiger charge is -2.40. The molecule has 1 saturated heterocycles. The van der Waals surface area contributed by atoms with Crippen molar-refractivity contribution in [2.75, 3.05) is 33.7 Å². The molecule has 0 radical (unpaired) electrons. The number of likely N-dealkylation sites (N-methyl/N-ethyl adjacent to an activating group) is 1. The van der Waals surface area contributed by atoms with Crippen molar-refractivity contribution in [3.8, 4) is 0 Å². The summed E-state index contributed by atoms with van der Waals surface area (Å²) < 4.78 is 0. The van der Waals surface area contributed by atoms with Crippen LogP contribution in [0.25, 0.3) is 0 Å². The highest BCUT2D eigenvalue weighted by molar-refractivity contribution is 5.74. The molecule has 0 aliphatic carbocycles. The Morgan fingerprint density at radius 3 is 2.44 bits per heavy atom. The highest BCUT2D eigenvalue weighted by Gasteiger charge is 2.37. The van der Waals surface area contributed by atoms with E-state index in [2.05, 4.69) is 23.9 Å². The summed E-state index contributed by atoms with van der Waals surface area (Å²) >= 11 is 0. The molecule has 1 aliphatic heterocycles. The van der Waals surface area contributed by atoms with Gasteiger partial charge in [-0.3, -0.25) is 4.79 Å². The lowest BCUT2D eigenvalue weighted by atomic mass is 9.81. The lowest BCUT2D eigenvalue weighted by Crippen LogP contribution is -2.50. The van der Waals surface area contributed by atoms with Gasteiger partial charge in [0.25, 0.3) is 0 Å². The summed E-state index contributed by atoms with van der Waals surface area (Å²) in [6, 6.07) is 0.568. The smallest absolute Gasteiger partial charge is 0.310 e. The average molecular weight is 256 g/mol. The monoisotopic (exact) mass is 256 g/mol. The van der Waals surface area contributed by atoms with E-state index >= 15 is 0 Å². The van der Waals surface area contributed by atoms with Crippen LogP contribution in [0.4, 0.5) is 0 Å². The minimum Gasteiger partial charge on any atom is -0.481 e. The molecule has 1 rings (SSSR count). The fraction of sp³-hybridized carbons (Fsp3) is 0.929. The van der Waals surface area contributed by atoms with Gasteiger partial charge in [-0.15, -0.1) is 0 Å². The van der Waals surface area contributed by atoms with Crippen molar-refractivity contribution in [3.05, 3.63) is 0 Å². The largest absolute Gasteiger partial charge is 0.481 e. The minimum absolute atomic E-state index is 0.561. The normalized spacial score (nSPS) is 22.4. The van der Waals surface area contributed by atoms with Gasteiger partial charge in [-0.05, 0) is 46.3 Å². The Labute approximate surface area is 111 Å². The van der Waals surface area contributed by atoms with Gasteiger partial charge in [0, 0.05) is 19.1 Å². The van der Waals surface area contributed by atoms with Crippen LogP contribution >= 0.6 is 0 Å². The van der Waals surface area contributed by atoms with Crippen LogP contribution in [0.5, 0.6) is 0 Å². The van der Waals surface area contributed by atoms with E-state index in [-0.39, 0.29) is 0 Å². The topological polar surface area (TPSA) is 43.8 Å². The summed E-state index contributed by atoms with van der Waals surface area (Å²) in [5, 5.41) is 9.49. The zero-order chi connectivity index (χ0) is 13.8. The third-order valence-electron chi connectivity index (χ3n) is 4.54. The van der Waals surface area contributed by atoms with E-state index in [4.69, 9.17) is 0 Å². The molecule has 18 heavy (non-hydrogen) atoms. The first-order chi connectivity index (χ1) is 8.45. The summed E-state index contributed by atoms with van der Waals surface area (Å²) in [5.74, 6) is -0.639. The van der Waals surface area contributed by atoms with Crippen molar-refractivity contribution in [2.45, 2.75) is 45.6 Å². The third kappa shape index (κ3) is 3.45. The van der Waals surface area contributed by atoms with E-state index in [0.29, 0.717) is 25.4 Å². The molecule has 0 aromatic carbocycles. The number of carbonyl (C=O) groups is 1. The van der Waals surface area contributed by atoms with Crippen LogP contribution in [0.2, 0.25) is 0 Å². The molecule has 1 N–H and O–H groups in total. The molecule has 1 unspecified atom stereocenters. The Balaban J connectivity index is 2.67. The van der Waals surface area contributed by atoms with Crippen LogP contribution in [0, 0.1) is 5.41 Å². The third-order valence-corrected chi connectivity index (χ3v) is 4.54. The second-order valence-corrected chi connectivity index (χ2v) is 5.79. The van der Waals surface area contributed by atoms with Crippen LogP contribution in [0.3, 0.4) is 0 Å². The van der Waals surface area contributed by atoms with E-state index in [1.165, 1.54) is 12.8 Å². The van der Waals surface area contributed by atoms with Crippen molar-refractivity contribution in [2.24, 2.45) is 5.41 Å². The second-order valence-electron chi connectivity index (χ2n) is 5.79. The van der Waals surface area contributed by atoms with E-state index in [0.717, 1.165) is 13.1 Å². The number of piperidine rings is 1. The Hall–Kier alpha value is -0.610. The molecule has 0 bridgehead atoms. The molecule has 0 amide bonds. The molecule has 0 saturated carbocycles. The number of carboxylic acids is 1. The first-order valence-corrected chi connectivity index (χ1v) is 7.07. The van der Waals surface area contributed by atoms with Crippen LogP contribution in [0.15, 0.2) is 0 Å². The van der Waals surface area contributed by atoms with Gasteiger partial charge in [0.15, 0.2) is 0 Å². The van der Waals surface area contributed by atoms with Crippen LogP contribution in [-0.2, 0) is 4.79 Å². The van der Waals surface area contributed by atoms with Gasteiger partial charge in [0.1, 0.15) is 0 Å². The van der Waals surface area contributed by atoms with Crippen LogP contribution in [-0.4, -0.2) is 60.6 Å².